The highest BCUT2D eigenvalue weighted by atomic mass is 16.5. The Bertz CT molecular complexity index is 830. The summed E-state index contributed by atoms with van der Waals surface area (Å²) >= 11 is 0. The molecule has 0 radical (unpaired) electrons. The first-order valence-corrected chi connectivity index (χ1v) is 9.41. The lowest BCUT2D eigenvalue weighted by molar-refractivity contribution is -0.126. The topological polar surface area (TPSA) is 58.6 Å². The summed E-state index contributed by atoms with van der Waals surface area (Å²) in [6.45, 7) is 6.73. The second-order valence-electron chi connectivity index (χ2n) is 6.92. The summed E-state index contributed by atoms with van der Waals surface area (Å²) < 4.78 is 5.70. The smallest absolute Gasteiger partial charge is 0.254 e. The number of unbranched alkanes of at least 4 members (excludes halogenated alkanes) is 1. The van der Waals surface area contributed by atoms with Crippen molar-refractivity contribution >= 4 is 17.5 Å². The van der Waals surface area contributed by atoms with Gasteiger partial charge >= 0.3 is 0 Å². The molecule has 0 spiro atoms. The van der Waals surface area contributed by atoms with E-state index in [0.29, 0.717) is 13.2 Å². The molecule has 0 saturated heterocycles. The largest absolute Gasteiger partial charge is 0.494 e. The lowest BCUT2D eigenvalue weighted by atomic mass is 10.1. The molecular formula is C22H26N2O3. The molecule has 1 aliphatic heterocycles. The molecule has 2 aromatic carbocycles. The summed E-state index contributed by atoms with van der Waals surface area (Å²) in [5.74, 6) is 0.529. The molecule has 5 heteroatoms. The van der Waals surface area contributed by atoms with E-state index < -0.39 is 6.04 Å². The number of hydrogen-bond acceptors (Lipinski definition) is 3. The molecule has 27 heavy (non-hydrogen) atoms. The van der Waals surface area contributed by atoms with E-state index in [2.05, 4.69) is 12.2 Å². The molecule has 1 N–H and O–H groups in total. The number of nitrogens with one attached hydrogen (secondary N) is 1. The number of fused-ring (bicyclic) bond motifs is 1. The number of nitrogens with zero attached hydrogens (tertiary/aromatic N) is 1. The molecule has 0 bridgehead atoms. The molecule has 2 aromatic rings. The van der Waals surface area contributed by atoms with Crippen molar-refractivity contribution in [2.75, 3.05) is 11.5 Å². The Morgan fingerprint density at radius 3 is 2.59 bits per heavy atom. The highest BCUT2D eigenvalue weighted by Crippen LogP contribution is 2.39. The van der Waals surface area contributed by atoms with Crippen molar-refractivity contribution in [3.05, 3.63) is 59.2 Å². The van der Waals surface area contributed by atoms with Crippen molar-refractivity contribution in [2.45, 2.75) is 46.2 Å². The van der Waals surface area contributed by atoms with E-state index in [4.69, 9.17) is 4.74 Å². The van der Waals surface area contributed by atoms with Crippen LogP contribution in [0, 0.1) is 6.92 Å². The molecular weight excluding hydrogens is 340 g/mol. The summed E-state index contributed by atoms with van der Waals surface area (Å²) in [5, 5.41) is 2.78. The molecule has 1 atom stereocenters. The zero-order valence-corrected chi connectivity index (χ0v) is 16.1. The van der Waals surface area contributed by atoms with Gasteiger partial charge in [0, 0.05) is 12.5 Å². The van der Waals surface area contributed by atoms with Crippen LogP contribution in [0.25, 0.3) is 0 Å². The van der Waals surface area contributed by atoms with Gasteiger partial charge in [0.25, 0.3) is 5.91 Å². The molecule has 3 rings (SSSR count). The van der Waals surface area contributed by atoms with Crippen LogP contribution in [0.2, 0.25) is 0 Å². The number of para-hydroxylation sites is 1. The lowest BCUT2D eigenvalue weighted by Crippen LogP contribution is -2.36. The summed E-state index contributed by atoms with van der Waals surface area (Å²) in [5.41, 5.74) is 3.79. The summed E-state index contributed by atoms with van der Waals surface area (Å²) in [7, 11) is 0. The van der Waals surface area contributed by atoms with Crippen LogP contribution in [-0.2, 0) is 16.1 Å². The zero-order valence-electron chi connectivity index (χ0n) is 16.1. The maximum Gasteiger partial charge on any atom is 0.254 e. The summed E-state index contributed by atoms with van der Waals surface area (Å²) in [6, 6.07) is 13.0. The number of amides is 2. The molecule has 142 valence electrons. The third kappa shape index (κ3) is 4.13. The molecule has 1 heterocycles. The fourth-order valence-electron chi connectivity index (χ4n) is 3.39. The quantitative estimate of drug-likeness (QED) is 0.756. The minimum atomic E-state index is -0.617. The van der Waals surface area contributed by atoms with Crippen molar-refractivity contribution in [3.8, 4) is 5.75 Å². The molecule has 0 fully saturated rings. The van der Waals surface area contributed by atoms with E-state index in [0.717, 1.165) is 41.0 Å². The van der Waals surface area contributed by atoms with Crippen LogP contribution >= 0.6 is 0 Å². The number of benzene rings is 2. The monoisotopic (exact) mass is 366 g/mol. The van der Waals surface area contributed by atoms with Gasteiger partial charge in [0.15, 0.2) is 0 Å². The Labute approximate surface area is 160 Å². The van der Waals surface area contributed by atoms with Gasteiger partial charge in [0.1, 0.15) is 11.8 Å². The van der Waals surface area contributed by atoms with E-state index >= 15 is 0 Å². The van der Waals surface area contributed by atoms with Gasteiger partial charge < -0.3 is 15.0 Å². The number of anilines is 1. The third-order valence-corrected chi connectivity index (χ3v) is 4.74. The Morgan fingerprint density at radius 2 is 1.93 bits per heavy atom. The number of ether oxygens (including phenoxy) is 1. The van der Waals surface area contributed by atoms with Gasteiger partial charge in [0.2, 0.25) is 5.91 Å². The number of carbonyl (C=O) groups is 2. The van der Waals surface area contributed by atoms with Crippen LogP contribution in [-0.4, -0.2) is 18.4 Å². The summed E-state index contributed by atoms with van der Waals surface area (Å²) in [4.78, 5) is 26.3. The predicted molar refractivity (Wildman–Crippen MR) is 106 cm³/mol. The molecule has 0 unspecified atom stereocenters. The van der Waals surface area contributed by atoms with Crippen LogP contribution in [0.4, 0.5) is 5.69 Å². The SMILES string of the molecule is CCCCOc1ccc(CN2C(=O)[C@@H](NC(C)=O)c3cccc(C)c32)cc1. The van der Waals surface area contributed by atoms with Crippen LogP contribution < -0.4 is 15.0 Å². The van der Waals surface area contributed by atoms with Gasteiger partial charge in [-0.1, -0.05) is 43.7 Å². The van der Waals surface area contributed by atoms with Gasteiger partial charge in [-0.2, -0.15) is 0 Å². The van der Waals surface area contributed by atoms with Crippen molar-refractivity contribution in [3.63, 3.8) is 0 Å². The van der Waals surface area contributed by atoms with Crippen LogP contribution in [0.5, 0.6) is 5.75 Å². The van der Waals surface area contributed by atoms with E-state index in [9.17, 15) is 9.59 Å². The number of hydrogen-bond donors (Lipinski definition) is 1. The van der Waals surface area contributed by atoms with Crippen molar-refractivity contribution in [1.82, 2.24) is 5.32 Å². The van der Waals surface area contributed by atoms with Gasteiger partial charge in [-0.25, -0.2) is 0 Å². The Kier molecular flexibility index (Phi) is 5.79. The number of rotatable bonds is 7. The number of carbonyl (C=O) groups excluding carboxylic acids is 2. The first-order valence-electron chi connectivity index (χ1n) is 9.41. The average molecular weight is 366 g/mol. The second-order valence-corrected chi connectivity index (χ2v) is 6.92. The normalized spacial score (nSPS) is 15.6. The highest BCUT2D eigenvalue weighted by molar-refractivity contribution is 6.06. The number of aryl methyl sites for hydroxylation is 1. The Morgan fingerprint density at radius 1 is 1.19 bits per heavy atom. The minimum Gasteiger partial charge on any atom is -0.494 e. The fourth-order valence-corrected chi connectivity index (χ4v) is 3.39. The molecule has 0 aromatic heterocycles. The third-order valence-electron chi connectivity index (χ3n) is 4.74. The molecule has 0 saturated carbocycles. The highest BCUT2D eigenvalue weighted by Gasteiger charge is 2.38. The first-order chi connectivity index (χ1) is 13.0. The molecule has 5 nitrogen and oxygen atoms in total. The zero-order chi connectivity index (χ0) is 19.4. The maximum absolute atomic E-state index is 13.0. The minimum absolute atomic E-state index is 0.0993. The van der Waals surface area contributed by atoms with Gasteiger partial charge in [-0.3, -0.25) is 9.59 Å². The van der Waals surface area contributed by atoms with Gasteiger partial charge in [0.05, 0.1) is 18.8 Å². The van der Waals surface area contributed by atoms with E-state index in [1.807, 2.05) is 49.4 Å². The van der Waals surface area contributed by atoms with Crippen molar-refractivity contribution in [2.24, 2.45) is 0 Å². The van der Waals surface area contributed by atoms with Crippen molar-refractivity contribution in [1.29, 1.82) is 0 Å². The van der Waals surface area contributed by atoms with Crippen LogP contribution in [0.15, 0.2) is 42.5 Å². The van der Waals surface area contributed by atoms with Crippen molar-refractivity contribution < 1.29 is 14.3 Å². The standard InChI is InChI=1S/C22H26N2O3/c1-4-5-13-27-18-11-9-17(10-12-18)14-24-21-15(2)7-6-8-19(21)20(22(24)26)23-16(3)25/h6-12,20H,4-5,13-14H2,1-3H3,(H,23,25)/t20-/m0/s1. The molecule has 0 aliphatic carbocycles. The maximum atomic E-state index is 13.0. The van der Waals surface area contributed by atoms with E-state index in [1.165, 1.54) is 6.92 Å². The Hall–Kier alpha value is -2.82. The van der Waals surface area contributed by atoms with Crippen LogP contribution in [0.3, 0.4) is 0 Å². The van der Waals surface area contributed by atoms with E-state index in [1.54, 1.807) is 4.90 Å². The second kappa shape index (κ2) is 8.25. The average Bonchev–Trinajstić information content (AvgIpc) is 2.90. The fraction of sp³-hybridized carbons (Fsp3) is 0.364. The molecule has 1 aliphatic rings. The molecule has 2 amide bonds. The van der Waals surface area contributed by atoms with Crippen LogP contribution in [0.1, 0.15) is 49.4 Å². The predicted octanol–water partition coefficient (Wildman–Crippen LogP) is 3.90. The van der Waals surface area contributed by atoms with Gasteiger partial charge in [-0.05, 0) is 36.6 Å². The first kappa shape index (κ1) is 19.0. The lowest BCUT2D eigenvalue weighted by Gasteiger charge is -2.20. The summed E-state index contributed by atoms with van der Waals surface area (Å²) in [6.07, 6.45) is 2.13. The van der Waals surface area contributed by atoms with E-state index in [-0.39, 0.29) is 11.8 Å². The van der Waals surface area contributed by atoms with Gasteiger partial charge in [-0.15, -0.1) is 0 Å². The Balaban J connectivity index is 1.80.